The summed E-state index contributed by atoms with van der Waals surface area (Å²) in [6, 6.07) is 5.70. The van der Waals surface area contributed by atoms with Crippen molar-refractivity contribution in [2.24, 2.45) is 5.92 Å². The van der Waals surface area contributed by atoms with Crippen molar-refractivity contribution in [1.82, 2.24) is 20.1 Å². The molecular formula is C32H44N4O5S. The minimum Gasteiger partial charge on any atom is -0.444 e. The molecule has 9 nitrogen and oxygen atoms in total. The Morgan fingerprint density at radius 3 is 2.48 bits per heavy atom. The van der Waals surface area contributed by atoms with Gasteiger partial charge in [0.05, 0.1) is 6.04 Å². The number of amides is 3. The van der Waals surface area contributed by atoms with E-state index in [-0.39, 0.29) is 29.6 Å². The third kappa shape index (κ3) is 7.56. The highest BCUT2D eigenvalue weighted by molar-refractivity contribution is 7.10. The largest absolute Gasteiger partial charge is 0.444 e. The van der Waals surface area contributed by atoms with Gasteiger partial charge in [0.15, 0.2) is 0 Å². The third-order valence-electron chi connectivity index (χ3n) is 8.18. The first-order valence-corrected chi connectivity index (χ1v) is 15.9. The smallest absolute Gasteiger partial charge is 0.410 e. The van der Waals surface area contributed by atoms with Crippen molar-refractivity contribution < 1.29 is 23.9 Å². The summed E-state index contributed by atoms with van der Waals surface area (Å²) < 4.78 is 5.44. The Morgan fingerprint density at radius 2 is 1.81 bits per heavy atom. The predicted octanol–water partition coefficient (Wildman–Crippen LogP) is 5.67. The molecule has 1 aromatic carbocycles. The lowest BCUT2D eigenvalue weighted by Crippen LogP contribution is -2.56. The van der Waals surface area contributed by atoms with Crippen molar-refractivity contribution in [3.8, 4) is 0 Å². The molecule has 1 aliphatic heterocycles. The normalized spacial score (nSPS) is 19.2. The van der Waals surface area contributed by atoms with Crippen molar-refractivity contribution in [2.45, 2.75) is 103 Å². The van der Waals surface area contributed by atoms with Crippen LogP contribution in [0.1, 0.15) is 105 Å². The maximum atomic E-state index is 14.2. The molecule has 0 radical (unpaired) electrons. The number of ether oxygens (including phenoxy) is 1. The average Bonchev–Trinajstić information content (AvgIpc) is 3.64. The number of ketones is 1. The van der Waals surface area contributed by atoms with Crippen LogP contribution in [0.2, 0.25) is 0 Å². The van der Waals surface area contributed by atoms with Crippen LogP contribution in [0.5, 0.6) is 0 Å². The van der Waals surface area contributed by atoms with Crippen molar-refractivity contribution in [1.29, 1.82) is 0 Å². The summed E-state index contributed by atoms with van der Waals surface area (Å²) in [4.78, 5) is 61.1. The molecule has 3 amide bonds. The van der Waals surface area contributed by atoms with E-state index < -0.39 is 23.8 Å². The minimum atomic E-state index is -0.817. The Balaban J connectivity index is 1.51. The number of benzene rings is 1. The van der Waals surface area contributed by atoms with Gasteiger partial charge in [-0.25, -0.2) is 9.78 Å². The zero-order valence-corrected chi connectivity index (χ0v) is 26.5. The van der Waals surface area contributed by atoms with Crippen LogP contribution >= 0.6 is 11.3 Å². The SMILES string of the molecule is Cc1cccc(C(=O)c2csc([C@@H]3CCCN3C(=O)[C@@H](NC(=O)[C@H](C)N(C)C(=O)OC(C)(C)C)C3CCCCC3)n2)c1. The number of aryl methyl sites for hydroxylation is 1. The van der Waals surface area contributed by atoms with Gasteiger partial charge in [-0.1, -0.05) is 43.0 Å². The van der Waals surface area contributed by atoms with Gasteiger partial charge in [-0.2, -0.15) is 0 Å². The molecule has 42 heavy (non-hydrogen) atoms. The van der Waals surface area contributed by atoms with Crippen molar-refractivity contribution in [2.75, 3.05) is 13.6 Å². The maximum Gasteiger partial charge on any atom is 0.410 e. The zero-order valence-electron chi connectivity index (χ0n) is 25.6. The number of nitrogens with zero attached hydrogens (tertiary/aromatic N) is 3. The highest BCUT2D eigenvalue weighted by Crippen LogP contribution is 2.36. The first kappa shape index (κ1) is 31.7. The lowest BCUT2D eigenvalue weighted by Gasteiger charge is -2.36. The fourth-order valence-electron chi connectivity index (χ4n) is 5.74. The number of hydrogen-bond acceptors (Lipinski definition) is 7. The second kappa shape index (κ2) is 13.4. The fraction of sp³-hybridized carbons (Fsp3) is 0.594. The van der Waals surface area contributed by atoms with Gasteiger partial charge in [0.25, 0.3) is 0 Å². The topological polar surface area (TPSA) is 109 Å². The standard InChI is InChI=1S/C32H44N4O5S/c1-20-12-10-15-23(18-20)27(37)24-19-42-29(33-24)25-16-11-17-36(25)30(39)26(22-13-8-7-9-14-22)34-28(38)21(2)35(6)31(40)41-32(3,4)5/h10,12,15,18-19,21-22,25-26H,7-9,11,13-14,16-17H2,1-6H3,(H,34,38)/t21-,25-,26-/m0/s1. The van der Waals surface area contributed by atoms with Gasteiger partial charge in [-0.15, -0.1) is 11.3 Å². The van der Waals surface area contributed by atoms with E-state index in [2.05, 4.69) is 5.32 Å². The lowest BCUT2D eigenvalue weighted by atomic mass is 9.83. The molecule has 1 aromatic heterocycles. The predicted molar refractivity (Wildman–Crippen MR) is 162 cm³/mol. The van der Waals surface area contributed by atoms with Crippen LogP contribution in [0, 0.1) is 12.8 Å². The summed E-state index contributed by atoms with van der Waals surface area (Å²) in [7, 11) is 1.53. The van der Waals surface area contributed by atoms with Gasteiger partial charge < -0.3 is 15.0 Å². The average molecular weight is 597 g/mol. The van der Waals surface area contributed by atoms with Crippen LogP contribution in [-0.4, -0.2) is 69.8 Å². The third-order valence-corrected chi connectivity index (χ3v) is 9.13. The van der Waals surface area contributed by atoms with Gasteiger partial charge in [0, 0.05) is 24.5 Å². The molecule has 1 N–H and O–H groups in total. The number of nitrogens with one attached hydrogen (secondary N) is 1. The van der Waals surface area contributed by atoms with E-state index in [1.165, 1.54) is 23.3 Å². The summed E-state index contributed by atoms with van der Waals surface area (Å²) in [5.74, 6) is -0.618. The number of carbonyl (C=O) groups is 4. The highest BCUT2D eigenvalue weighted by Gasteiger charge is 2.41. The maximum absolute atomic E-state index is 14.2. The summed E-state index contributed by atoms with van der Waals surface area (Å²) in [6.07, 6.45) is 5.84. The zero-order chi connectivity index (χ0) is 30.6. The van der Waals surface area contributed by atoms with Crippen molar-refractivity contribution >= 4 is 35.0 Å². The molecule has 10 heteroatoms. The van der Waals surface area contributed by atoms with E-state index in [4.69, 9.17) is 9.72 Å². The number of thiazole rings is 1. The second-order valence-electron chi connectivity index (χ2n) is 12.6. The lowest BCUT2D eigenvalue weighted by molar-refractivity contribution is -0.140. The molecule has 2 heterocycles. The number of hydrogen-bond donors (Lipinski definition) is 1. The van der Waals surface area contributed by atoms with E-state index in [0.717, 1.165) is 55.5 Å². The first-order valence-electron chi connectivity index (χ1n) is 15.0. The molecule has 4 rings (SSSR count). The molecule has 0 bridgehead atoms. The van der Waals surface area contributed by atoms with Gasteiger partial charge in [0.2, 0.25) is 17.6 Å². The quantitative estimate of drug-likeness (QED) is 0.394. The van der Waals surface area contributed by atoms with Crippen molar-refractivity contribution in [3.63, 3.8) is 0 Å². The van der Waals surface area contributed by atoms with Crippen LogP contribution in [0.15, 0.2) is 29.6 Å². The van der Waals surface area contributed by atoms with Gasteiger partial charge in [-0.05, 0) is 72.3 Å². The summed E-state index contributed by atoms with van der Waals surface area (Å²) in [5.41, 5.74) is 1.30. The van der Waals surface area contributed by atoms with Crippen molar-refractivity contribution in [3.05, 3.63) is 51.5 Å². The number of carbonyl (C=O) groups excluding carboxylic acids is 4. The Morgan fingerprint density at radius 1 is 1.10 bits per heavy atom. The number of likely N-dealkylation sites (N-methyl/N-ethyl adjacent to an activating group) is 1. The van der Waals surface area contributed by atoms with E-state index in [0.29, 0.717) is 17.8 Å². The van der Waals surface area contributed by atoms with E-state index in [1.54, 1.807) is 39.1 Å². The minimum absolute atomic E-state index is 0.0187. The number of aromatic nitrogens is 1. The Bertz CT molecular complexity index is 1300. The second-order valence-corrected chi connectivity index (χ2v) is 13.5. The fourth-order valence-corrected chi connectivity index (χ4v) is 6.68. The van der Waals surface area contributed by atoms with Crippen LogP contribution in [0.3, 0.4) is 0 Å². The van der Waals surface area contributed by atoms with E-state index >= 15 is 0 Å². The van der Waals surface area contributed by atoms with Crippen LogP contribution < -0.4 is 5.32 Å². The Kier molecular flexibility index (Phi) is 10.1. The molecule has 1 saturated heterocycles. The molecule has 3 atom stereocenters. The first-order chi connectivity index (χ1) is 19.9. The van der Waals surface area contributed by atoms with E-state index in [9.17, 15) is 19.2 Å². The summed E-state index contributed by atoms with van der Waals surface area (Å²) >= 11 is 1.40. The molecule has 2 aromatic rings. The molecule has 0 unspecified atom stereocenters. The van der Waals surface area contributed by atoms with Gasteiger partial charge in [-0.3, -0.25) is 19.3 Å². The van der Waals surface area contributed by atoms with Crippen LogP contribution in [0.4, 0.5) is 4.79 Å². The molecule has 0 spiro atoms. The Hall–Kier alpha value is -3.27. The summed E-state index contributed by atoms with van der Waals surface area (Å²) in [5, 5.41) is 5.55. The molecule has 2 aliphatic rings. The molecule has 1 saturated carbocycles. The Labute approximate surface area is 253 Å². The molecular weight excluding hydrogens is 552 g/mol. The van der Waals surface area contributed by atoms with Gasteiger partial charge in [0.1, 0.15) is 28.4 Å². The van der Waals surface area contributed by atoms with Gasteiger partial charge >= 0.3 is 6.09 Å². The number of rotatable bonds is 8. The summed E-state index contributed by atoms with van der Waals surface area (Å²) in [6.45, 7) is 9.48. The molecule has 228 valence electrons. The molecule has 2 fully saturated rings. The molecule has 1 aliphatic carbocycles. The monoisotopic (exact) mass is 596 g/mol. The van der Waals surface area contributed by atoms with E-state index in [1.807, 2.05) is 30.0 Å². The number of likely N-dealkylation sites (tertiary alicyclic amines) is 1. The highest BCUT2D eigenvalue weighted by atomic mass is 32.1. The van der Waals surface area contributed by atoms with Crippen LogP contribution in [-0.2, 0) is 14.3 Å². The van der Waals surface area contributed by atoms with Crippen LogP contribution in [0.25, 0.3) is 0 Å².